The second-order valence-electron chi connectivity index (χ2n) is 6.79. The lowest BCUT2D eigenvalue weighted by molar-refractivity contribution is 0.173. The third-order valence-electron chi connectivity index (χ3n) is 4.06. The summed E-state index contributed by atoms with van der Waals surface area (Å²) < 4.78 is 34.6. The predicted octanol–water partition coefficient (Wildman–Crippen LogP) is 1.32. The molecule has 0 heterocycles. The first-order chi connectivity index (χ1) is 8.50. The van der Waals surface area contributed by atoms with Crippen molar-refractivity contribution >= 4 is 20.6 Å². The van der Waals surface area contributed by atoms with Gasteiger partial charge in [-0.15, -0.1) is 0 Å². The zero-order chi connectivity index (χ0) is 14.8. The first-order valence-corrected chi connectivity index (χ1v) is 10.3. The Morgan fingerprint density at radius 3 is 2.32 bits per heavy atom. The number of nitrogens with two attached hydrogens (primary N) is 1. The van der Waals surface area contributed by atoms with Crippen molar-refractivity contribution in [1.29, 1.82) is 0 Å². The van der Waals surface area contributed by atoms with Gasteiger partial charge >= 0.3 is 0 Å². The van der Waals surface area contributed by atoms with Crippen molar-refractivity contribution in [2.75, 3.05) is 17.8 Å². The minimum absolute atomic E-state index is 0.0109. The molecule has 0 aromatic heterocycles. The highest BCUT2D eigenvalue weighted by atomic mass is 32.2. The summed E-state index contributed by atoms with van der Waals surface area (Å²) in [6, 6.07) is -0.0565. The van der Waals surface area contributed by atoms with Crippen LogP contribution < -0.4 is 5.73 Å². The van der Waals surface area contributed by atoms with E-state index in [-0.39, 0.29) is 28.2 Å². The molecule has 0 bridgehead atoms. The largest absolute Gasteiger partial charge is 0.327 e. The number of rotatable bonds is 4. The van der Waals surface area contributed by atoms with E-state index in [4.69, 9.17) is 5.73 Å². The summed E-state index contributed by atoms with van der Waals surface area (Å²) >= 11 is 0. The minimum atomic E-state index is -3.05. The van der Waals surface area contributed by atoms with Gasteiger partial charge in [0.1, 0.15) is 9.84 Å². The molecular formula is C13H27NO3S2. The molecule has 0 aliphatic heterocycles. The molecule has 4 atom stereocenters. The van der Waals surface area contributed by atoms with E-state index in [1.165, 1.54) is 6.26 Å². The van der Waals surface area contributed by atoms with Gasteiger partial charge in [0.15, 0.2) is 0 Å². The highest BCUT2D eigenvalue weighted by Crippen LogP contribution is 2.38. The second kappa shape index (κ2) is 6.22. The smallest absolute Gasteiger partial charge is 0.148 e. The molecule has 4 unspecified atom stereocenters. The van der Waals surface area contributed by atoms with Crippen LogP contribution in [0.25, 0.3) is 0 Å². The first kappa shape index (κ1) is 17.1. The minimum Gasteiger partial charge on any atom is -0.327 e. The van der Waals surface area contributed by atoms with E-state index in [9.17, 15) is 12.6 Å². The molecular weight excluding hydrogens is 282 g/mol. The lowest BCUT2D eigenvalue weighted by Gasteiger charge is -2.40. The van der Waals surface area contributed by atoms with Gasteiger partial charge in [-0.05, 0) is 30.6 Å². The maximum atomic E-state index is 12.3. The number of sulfone groups is 1. The van der Waals surface area contributed by atoms with E-state index in [0.29, 0.717) is 5.92 Å². The number of hydrogen-bond donors (Lipinski definition) is 1. The van der Waals surface area contributed by atoms with Gasteiger partial charge in [-0.1, -0.05) is 20.8 Å². The Morgan fingerprint density at radius 1 is 1.26 bits per heavy atom. The molecule has 0 amide bonds. The van der Waals surface area contributed by atoms with Crippen LogP contribution in [0.1, 0.15) is 40.0 Å². The van der Waals surface area contributed by atoms with Crippen molar-refractivity contribution in [3.05, 3.63) is 0 Å². The van der Waals surface area contributed by atoms with Crippen molar-refractivity contribution in [2.45, 2.75) is 51.3 Å². The highest BCUT2D eigenvalue weighted by Gasteiger charge is 2.37. The van der Waals surface area contributed by atoms with E-state index in [2.05, 4.69) is 20.8 Å². The summed E-state index contributed by atoms with van der Waals surface area (Å²) in [6.45, 7) is 6.60. The summed E-state index contributed by atoms with van der Waals surface area (Å²) in [5.74, 6) is 0.719. The van der Waals surface area contributed by atoms with Crippen molar-refractivity contribution in [2.24, 2.45) is 17.1 Å². The summed E-state index contributed by atoms with van der Waals surface area (Å²) in [7, 11) is -4.19. The zero-order valence-electron chi connectivity index (χ0n) is 12.4. The summed E-state index contributed by atoms with van der Waals surface area (Å²) in [4.78, 5) is 0. The molecule has 6 heteroatoms. The standard InChI is InChI=1S/C13H27NO3S2/c1-13(2,3)10-5-6-11(14)12(9-10)18(15)7-8-19(4,16)17/h10-12H,5-9,14H2,1-4H3. The summed E-state index contributed by atoms with van der Waals surface area (Å²) in [6.07, 6.45) is 3.99. The van der Waals surface area contributed by atoms with Gasteiger partial charge in [0.2, 0.25) is 0 Å². The SMILES string of the molecule is CC(C)(C)C1CCC(N)C(S(=O)CCS(C)(=O)=O)C1. The average molecular weight is 309 g/mol. The Bertz CT molecular complexity index is 426. The maximum Gasteiger partial charge on any atom is 0.148 e. The van der Waals surface area contributed by atoms with Gasteiger partial charge in [0.05, 0.1) is 11.0 Å². The molecule has 1 saturated carbocycles. The third-order valence-corrected chi connectivity index (χ3v) is 7.09. The molecule has 0 aromatic rings. The van der Waals surface area contributed by atoms with E-state index in [0.717, 1.165) is 19.3 Å². The lowest BCUT2D eigenvalue weighted by Crippen LogP contribution is -2.46. The van der Waals surface area contributed by atoms with Gasteiger partial charge in [0, 0.05) is 28.9 Å². The van der Waals surface area contributed by atoms with Gasteiger partial charge in [-0.2, -0.15) is 0 Å². The third kappa shape index (κ3) is 5.52. The Balaban J connectivity index is 2.66. The number of hydrogen-bond acceptors (Lipinski definition) is 4. The Kier molecular flexibility index (Phi) is 5.61. The fourth-order valence-electron chi connectivity index (χ4n) is 2.63. The summed E-state index contributed by atoms with van der Waals surface area (Å²) in [5, 5.41) is -0.0558. The normalized spacial score (nSPS) is 31.1. The monoisotopic (exact) mass is 309 g/mol. The Morgan fingerprint density at radius 2 is 1.84 bits per heavy atom. The van der Waals surface area contributed by atoms with Crippen LogP contribution in [0, 0.1) is 11.3 Å². The van der Waals surface area contributed by atoms with E-state index in [1.807, 2.05) is 0 Å². The van der Waals surface area contributed by atoms with Crippen molar-refractivity contribution in [1.82, 2.24) is 0 Å². The van der Waals surface area contributed by atoms with E-state index in [1.54, 1.807) is 0 Å². The first-order valence-electron chi connectivity index (χ1n) is 6.81. The molecule has 0 saturated heterocycles. The van der Waals surface area contributed by atoms with Crippen LogP contribution in [-0.4, -0.2) is 41.7 Å². The lowest BCUT2D eigenvalue weighted by atomic mass is 9.71. The molecule has 0 aromatic carbocycles. The van der Waals surface area contributed by atoms with Crippen LogP contribution in [-0.2, 0) is 20.6 Å². The highest BCUT2D eigenvalue weighted by molar-refractivity contribution is 7.92. The molecule has 0 spiro atoms. The van der Waals surface area contributed by atoms with E-state index >= 15 is 0 Å². The quantitative estimate of drug-likeness (QED) is 0.849. The predicted molar refractivity (Wildman–Crippen MR) is 81.3 cm³/mol. The van der Waals surface area contributed by atoms with Gasteiger partial charge in [-0.3, -0.25) is 4.21 Å². The average Bonchev–Trinajstić information content (AvgIpc) is 2.24. The second-order valence-corrected chi connectivity index (χ2v) is 10.8. The Labute approximate surface area is 119 Å². The topological polar surface area (TPSA) is 77.2 Å². The molecule has 1 aliphatic carbocycles. The fraction of sp³-hybridized carbons (Fsp3) is 1.00. The van der Waals surface area contributed by atoms with Crippen LogP contribution >= 0.6 is 0 Å². The van der Waals surface area contributed by atoms with Gasteiger partial charge in [0.25, 0.3) is 0 Å². The van der Waals surface area contributed by atoms with Crippen LogP contribution in [0.3, 0.4) is 0 Å². The van der Waals surface area contributed by atoms with Gasteiger partial charge < -0.3 is 5.73 Å². The Hall–Kier alpha value is 0.0600. The van der Waals surface area contributed by atoms with E-state index < -0.39 is 20.6 Å². The van der Waals surface area contributed by atoms with Crippen molar-refractivity contribution in [3.8, 4) is 0 Å². The molecule has 114 valence electrons. The van der Waals surface area contributed by atoms with Crippen LogP contribution in [0.2, 0.25) is 0 Å². The molecule has 0 radical (unpaired) electrons. The van der Waals surface area contributed by atoms with Crippen molar-refractivity contribution in [3.63, 3.8) is 0 Å². The van der Waals surface area contributed by atoms with Crippen molar-refractivity contribution < 1.29 is 12.6 Å². The maximum absolute atomic E-state index is 12.3. The van der Waals surface area contributed by atoms with Gasteiger partial charge in [-0.25, -0.2) is 8.42 Å². The van der Waals surface area contributed by atoms with Crippen LogP contribution in [0.15, 0.2) is 0 Å². The molecule has 19 heavy (non-hydrogen) atoms. The molecule has 1 rings (SSSR count). The fourth-order valence-corrected chi connectivity index (χ4v) is 5.77. The zero-order valence-corrected chi connectivity index (χ0v) is 14.0. The molecule has 1 fully saturated rings. The molecule has 1 aliphatic rings. The van der Waals surface area contributed by atoms with Crippen LogP contribution in [0.4, 0.5) is 0 Å². The molecule has 2 N–H and O–H groups in total. The van der Waals surface area contributed by atoms with Crippen LogP contribution in [0.5, 0.6) is 0 Å². The molecule has 4 nitrogen and oxygen atoms in total. The summed E-state index contributed by atoms with van der Waals surface area (Å²) in [5.41, 5.74) is 6.28.